The van der Waals surface area contributed by atoms with Crippen molar-refractivity contribution in [2.75, 3.05) is 20.3 Å². The van der Waals surface area contributed by atoms with Crippen LogP contribution < -0.4 is 19.5 Å². The van der Waals surface area contributed by atoms with Crippen LogP contribution in [0.2, 0.25) is 0 Å². The summed E-state index contributed by atoms with van der Waals surface area (Å²) >= 11 is 0. The number of amides is 1. The molecule has 0 bridgehead atoms. The van der Waals surface area contributed by atoms with E-state index in [0.29, 0.717) is 25.3 Å². The van der Waals surface area contributed by atoms with Crippen LogP contribution in [0.25, 0.3) is 0 Å². The monoisotopic (exact) mass is 406 g/mol. The molecular formula is C20H26N2O5S. The Bertz CT molecular complexity index is 864. The fraction of sp³-hybridized carbons (Fsp3) is 0.350. The number of methoxy groups -OCH3 is 1. The number of rotatable bonds is 10. The number of hydrogen-bond acceptors (Lipinski definition) is 5. The molecule has 0 aromatic heterocycles. The van der Waals surface area contributed by atoms with Crippen molar-refractivity contribution in [3.63, 3.8) is 0 Å². The summed E-state index contributed by atoms with van der Waals surface area (Å²) in [5.41, 5.74) is 1.05. The van der Waals surface area contributed by atoms with Crippen LogP contribution in [0.4, 0.5) is 0 Å². The Morgan fingerprint density at radius 1 is 1.04 bits per heavy atom. The summed E-state index contributed by atoms with van der Waals surface area (Å²) in [7, 11) is -2.20. The highest BCUT2D eigenvalue weighted by Crippen LogP contribution is 2.16. The van der Waals surface area contributed by atoms with Gasteiger partial charge in [-0.25, -0.2) is 8.42 Å². The molecule has 2 rings (SSSR count). The van der Waals surface area contributed by atoms with Gasteiger partial charge in [-0.2, -0.15) is 4.72 Å². The maximum atomic E-state index is 12.4. The van der Waals surface area contributed by atoms with Crippen LogP contribution >= 0.6 is 0 Å². The van der Waals surface area contributed by atoms with E-state index >= 15 is 0 Å². The first-order valence-electron chi connectivity index (χ1n) is 9.01. The molecule has 0 radical (unpaired) electrons. The molecule has 0 unspecified atom stereocenters. The molecule has 0 saturated heterocycles. The number of hydrogen-bond donors (Lipinski definition) is 2. The van der Waals surface area contributed by atoms with Crippen LogP contribution in [-0.4, -0.2) is 40.6 Å². The maximum Gasteiger partial charge on any atom is 0.241 e. The smallest absolute Gasteiger partial charge is 0.241 e. The third kappa shape index (κ3) is 6.24. The van der Waals surface area contributed by atoms with Crippen molar-refractivity contribution in [3.8, 4) is 11.5 Å². The van der Waals surface area contributed by atoms with Gasteiger partial charge < -0.3 is 14.8 Å². The highest BCUT2D eigenvalue weighted by Gasteiger charge is 2.21. The number of nitrogens with one attached hydrogen (secondary N) is 2. The predicted molar refractivity (Wildman–Crippen MR) is 107 cm³/mol. The normalized spacial score (nSPS) is 12.2. The summed E-state index contributed by atoms with van der Waals surface area (Å²) < 4.78 is 37.6. The second kappa shape index (κ2) is 10.1. The van der Waals surface area contributed by atoms with Gasteiger partial charge in [-0.05, 0) is 62.2 Å². The summed E-state index contributed by atoms with van der Waals surface area (Å²) in [6, 6.07) is 12.7. The summed E-state index contributed by atoms with van der Waals surface area (Å²) in [6.07, 6.45) is 0.633. The van der Waals surface area contributed by atoms with E-state index in [4.69, 9.17) is 9.47 Å². The quantitative estimate of drug-likeness (QED) is 0.630. The van der Waals surface area contributed by atoms with E-state index in [1.54, 1.807) is 19.2 Å². The van der Waals surface area contributed by atoms with Crippen molar-refractivity contribution in [1.82, 2.24) is 10.0 Å². The molecule has 152 valence electrons. The fourth-order valence-corrected chi connectivity index (χ4v) is 3.71. The minimum absolute atomic E-state index is 0.0776. The van der Waals surface area contributed by atoms with Crippen LogP contribution in [-0.2, 0) is 21.2 Å². The van der Waals surface area contributed by atoms with Crippen molar-refractivity contribution in [2.45, 2.75) is 31.2 Å². The van der Waals surface area contributed by atoms with Crippen LogP contribution in [0.15, 0.2) is 53.4 Å². The molecule has 1 amide bonds. The molecule has 7 nitrogen and oxygen atoms in total. The number of carbonyl (C=O) groups excluding carboxylic acids is 1. The number of carbonyl (C=O) groups is 1. The lowest BCUT2D eigenvalue weighted by atomic mass is 10.1. The second-order valence-electron chi connectivity index (χ2n) is 6.14. The van der Waals surface area contributed by atoms with Crippen LogP contribution in [0.3, 0.4) is 0 Å². The standard InChI is InChI=1S/C20H26N2O5S/c1-4-27-18-9-11-19(12-10-18)28(24,25)22-15(2)20(23)21-14-13-16-5-7-17(26-3)8-6-16/h5-12,15,22H,4,13-14H2,1-3H3,(H,21,23)/t15-/m1/s1. The Morgan fingerprint density at radius 3 is 2.21 bits per heavy atom. The minimum atomic E-state index is -3.80. The van der Waals surface area contributed by atoms with E-state index in [0.717, 1.165) is 11.3 Å². The Morgan fingerprint density at radius 2 is 1.64 bits per heavy atom. The molecule has 8 heteroatoms. The molecule has 0 aliphatic heterocycles. The third-order valence-electron chi connectivity index (χ3n) is 4.04. The van der Waals surface area contributed by atoms with E-state index in [1.165, 1.54) is 19.1 Å². The Balaban J connectivity index is 1.86. The Labute approximate surface area is 166 Å². The van der Waals surface area contributed by atoms with E-state index in [9.17, 15) is 13.2 Å². The molecule has 2 aromatic rings. The molecule has 2 aromatic carbocycles. The first-order valence-corrected chi connectivity index (χ1v) is 10.5. The summed E-state index contributed by atoms with van der Waals surface area (Å²) in [5, 5.41) is 2.74. The largest absolute Gasteiger partial charge is 0.497 e. The van der Waals surface area contributed by atoms with Crippen molar-refractivity contribution < 1.29 is 22.7 Å². The lowest BCUT2D eigenvalue weighted by Crippen LogP contribution is -2.45. The molecule has 1 atom stereocenters. The topological polar surface area (TPSA) is 93.7 Å². The Kier molecular flexibility index (Phi) is 7.83. The second-order valence-corrected chi connectivity index (χ2v) is 7.85. The van der Waals surface area contributed by atoms with Gasteiger partial charge in [0.25, 0.3) is 0 Å². The van der Waals surface area contributed by atoms with Gasteiger partial charge in [-0.1, -0.05) is 12.1 Å². The molecule has 0 fully saturated rings. The minimum Gasteiger partial charge on any atom is -0.497 e. The first-order chi connectivity index (χ1) is 13.4. The lowest BCUT2D eigenvalue weighted by Gasteiger charge is -2.15. The molecule has 0 aliphatic carbocycles. The van der Waals surface area contributed by atoms with Gasteiger partial charge in [0.15, 0.2) is 0 Å². The maximum absolute atomic E-state index is 12.4. The summed E-state index contributed by atoms with van der Waals surface area (Å²) in [5.74, 6) is 0.971. The van der Waals surface area contributed by atoms with Gasteiger partial charge >= 0.3 is 0 Å². The zero-order valence-electron chi connectivity index (χ0n) is 16.3. The highest BCUT2D eigenvalue weighted by molar-refractivity contribution is 7.89. The third-order valence-corrected chi connectivity index (χ3v) is 5.60. The zero-order valence-corrected chi connectivity index (χ0v) is 17.1. The van der Waals surface area contributed by atoms with Crippen LogP contribution in [0.5, 0.6) is 11.5 Å². The van der Waals surface area contributed by atoms with E-state index in [1.807, 2.05) is 31.2 Å². The number of benzene rings is 2. The average Bonchev–Trinajstić information content (AvgIpc) is 2.68. The molecule has 2 N–H and O–H groups in total. The van der Waals surface area contributed by atoms with Crippen molar-refractivity contribution in [2.24, 2.45) is 0 Å². The predicted octanol–water partition coefficient (Wildman–Crippen LogP) is 2.12. The summed E-state index contributed by atoms with van der Waals surface area (Å²) in [6.45, 7) is 4.26. The van der Waals surface area contributed by atoms with Gasteiger partial charge in [0, 0.05) is 6.54 Å². The van der Waals surface area contributed by atoms with Crippen molar-refractivity contribution in [3.05, 3.63) is 54.1 Å². The van der Waals surface area contributed by atoms with Gasteiger partial charge in [0.05, 0.1) is 24.7 Å². The summed E-state index contributed by atoms with van der Waals surface area (Å²) in [4.78, 5) is 12.3. The van der Waals surface area contributed by atoms with Gasteiger partial charge in [0.2, 0.25) is 15.9 Å². The van der Waals surface area contributed by atoms with Gasteiger partial charge in [-0.15, -0.1) is 0 Å². The molecule has 0 spiro atoms. The molecule has 28 heavy (non-hydrogen) atoms. The molecule has 0 heterocycles. The molecular weight excluding hydrogens is 380 g/mol. The molecule has 0 aliphatic rings. The Hall–Kier alpha value is -2.58. The van der Waals surface area contributed by atoms with E-state index in [-0.39, 0.29) is 10.8 Å². The van der Waals surface area contributed by atoms with Crippen LogP contribution in [0, 0.1) is 0 Å². The van der Waals surface area contributed by atoms with Crippen LogP contribution in [0.1, 0.15) is 19.4 Å². The molecule has 0 saturated carbocycles. The number of ether oxygens (including phenoxy) is 2. The zero-order chi connectivity index (χ0) is 20.6. The van der Waals surface area contributed by atoms with Crippen molar-refractivity contribution in [1.29, 1.82) is 0 Å². The van der Waals surface area contributed by atoms with Gasteiger partial charge in [-0.3, -0.25) is 4.79 Å². The number of sulfonamides is 1. The van der Waals surface area contributed by atoms with Gasteiger partial charge in [0.1, 0.15) is 11.5 Å². The lowest BCUT2D eigenvalue weighted by molar-refractivity contribution is -0.122. The highest BCUT2D eigenvalue weighted by atomic mass is 32.2. The SMILES string of the molecule is CCOc1ccc(S(=O)(=O)N[C@H](C)C(=O)NCCc2ccc(OC)cc2)cc1. The average molecular weight is 407 g/mol. The first kappa shape index (κ1) is 21.7. The fourth-order valence-electron chi connectivity index (χ4n) is 2.51. The van der Waals surface area contributed by atoms with E-state index < -0.39 is 16.1 Å². The van der Waals surface area contributed by atoms with Crippen molar-refractivity contribution >= 4 is 15.9 Å². The van der Waals surface area contributed by atoms with E-state index in [2.05, 4.69) is 10.0 Å².